The number of guanidine groups is 1. The maximum Gasteiger partial charge on any atom is 0.193 e. The molecule has 4 nitrogen and oxygen atoms in total. The minimum Gasteiger partial charge on any atom is -0.356 e. The quantitative estimate of drug-likeness (QED) is 0.334. The van der Waals surface area contributed by atoms with Crippen LogP contribution < -0.4 is 5.32 Å². The van der Waals surface area contributed by atoms with Gasteiger partial charge in [-0.1, -0.05) is 42.5 Å². The number of nitrogens with one attached hydrogen (secondary N) is 1. The molecule has 162 valence electrons. The molecule has 1 saturated heterocycles. The maximum absolute atomic E-state index is 4.55. The SMILES string of the molecule is CN=C(NCC1CCN(Cc2cccs2)CC1)N1CC=C(c2ccccc2)CC1.I. The average Bonchev–Trinajstić information content (AvgIpc) is 3.29. The molecular weight excluding hydrogens is 503 g/mol. The van der Waals surface area contributed by atoms with Gasteiger partial charge in [0.15, 0.2) is 5.96 Å². The van der Waals surface area contributed by atoms with Crippen LogP contribution in [-0.4, -0.2) is 55.5 Å². The summed E-state index contributed by atoms with van der Waals surface area (Å²) >= 11 is 1.87. The van der Waals surface area contributed by atoms with Crippen LogP contribution in [0.15, 0.2) is 58.9 Å². The Balaban J connectivity index is 0.00000256. The summed E-state index contributed by atoms with van der Waals surface area (Å²) in [5.41, 5.74) is 2.81. The van der Waals surface area contributed by atoms with Crippen molar-refractivity contribution in [3.05, 3.63) is 64.4 Å². The highest BCUT2D eigenvalue weighted by molar-refractivity contribution is 14.0. The van der Waals surface area contributed by atoms with Crippen LogP contribution in [0.3, 0.4) is 0 Å². The highest BCUT2D eigenvalue weighted by Crippen LogP contribution is 2.23. The number of hydrogen-bond donors (Lipinski definition) is 1. The molecule has 2 aliphatic rings. The highest BCUT2D eigenvalue weighted by atomic mass is 127. The van der Waals surface area contributed by atoms with E-state index in [-0.39, 0.29) is 24.0 Å². The zero-order chi connectivity index (χ0) is 19.9. The first-order valence-corrected chi connectivity index (χ1v) is 11.6. The molecule has 2 aliphatic heterocycles. The zero-order valence-electron chi connectivity index (χ0n) is 17.8. The molecule has 30 heavy (non-hydrogen) atoms. The molecule has 0 amide bonds. The number of likely N-dealkylation sites (tertiary alicyclic amines) is 1. The van der Waals surface area contributed by atoms with Gasteiger partial charge in [-0.15, -0.1) is 35.3 Å². The van der Waals surface area contributed by atoms with Gasteiger partial charge in [-0.05, 0) is 60.9 Å². The van der Waals surface area contributed by atoms with Gasteiger partial charge in [0.2, 0.25) is 0 Å². The largest absolute Gasteiger partial charge is 0.356 e. The molecule has 0 unspecified atom stereocenters. The summed E-state index contributed by atoms with van der Waals surface area (Å²) in [6, 6.07) is 15.1. The smallest absolute Gasteiger partial charge is 0.193 e. The van der Waals surface area contributed by atoms with Crippen LogP contribution >= 0.6 is 35.3 Å². The van der Waals surface area contributed by atoms with E-state index in [0.29, 0.717) is 0 Å². The van der Waals surface area contributed by atoms with Gasteiger partial charge in [-0.3, -0.25) is 9.89 Å². The molecule has 4 rings (SSSR count). The fraction of sp³-hybridized carbons (Fsp3) is 0.458. The van der Waals surface area contributed by atoms with Gasteiger partial charge in [-0.25, -0.2) is 0 Å². The number of piperidine rings is 1. The summed E-state index contributed by atoms with van der Waals surface area (Å²) in [5, 5.41) is 5.83. The Bertz CT molecular complexity index is 811. The van der Waals surface area contributed by atoms with Crippen molar-refractivity contribution in [2.24, 2.45) is 10.9 Å². The topological polar surface area (TPSA) is 30.9 Å². The van der Waals surface area contributed by atoms with E-state index in [0.717, 1.165) is 44.5 Å². The average molecular weight is 537 g/mol. The molecule has 0 saturated carbocycles. The third-order valence-corrected chi connectivity index (χ3v) is 6.94. The predicted molar refractivity (Wildman–Crippen MR) is 140 cm³/mol. The highest BCUT2D eigenvalue weighted by Gasteiger charge is 2.21. The van der Waals surface area contributed by atoms with Crippen LogP contribution in [0.1, 0.15) is 29.7 Å². The van der Waals surface area contributed by atoms with E-state index in [2.05, 4.69) is 74.0 Å². The molecule has 1 fully saturated rings. The van der Waals surface area contributed by atoms with Gasteiger partial charge >= 0.3 is 0 Å². The Morgan fingerprint density at radius 1 is 1.10 bits per heavy atom. The van der Waals surface area contributed by atoms with Gasteiger partial charge in [0.25, 0.3) is 0 Å². The lowest BCUT2D eigenvalue weighted by Crippen LogP contribution is -2.46. The minimum absolute atomic E-state index is 0. The molecule has 0 radical (unpaired) electrons. The van der Waals surface area contributed by atoms with Crippen LogP contribution in [0, 0.1) is 5.92 Å². The Morgan fingerprint density at radius 2 is 1.90 bits per heavy atom. The van der Waals surface area contributed by atoms with Crippen LogP contribution in [-0.2, 0) is 6.54 Å². The number of thiophene rings is 1. The third-order valence-electron chi connectivity index (χ3n) is 6.08. The van der Waals surface area contributed by atoms with Crippen molar-refractivity contribution in [3.63, 3.8) is 0 Å². The second kappa shape index (κ2) is 11.9. The molecule has 1 aromatic carbocycles. The molecule has 0 bridgehead atoms. The molecule has 3 heterocycles. The van der Waals surface area contributed by atoms with Gasteiger partial charge in [0.1, 0.15) is 0 Å². The van der Waals surface area contributed by atoms with Crippen molar-refractivity contribution in [2.75, 3.05) is 39.8 Å². The van der Waals surface area contributed by atoms with Crippen molar-refractivity contribution in [1.82, 2.24) is 15.1 Å². The van der Waals surface area contributed by atoms with Crippen LogP contribution in [0.2, 0.25) is 0 Å². The molecule has 1 aromatic heterocycles. The van der Waals surface area contributed by atoms with Gasteiger partial charge in [0.05, 0.1) is 0 Å². The van der Waals surface area contributed by atoms with Crippen molar-refractivity contribution >= 4 is 46.8 Å². The van der Waals surface area contributed by atoms with E-state index in [1.165, 1.54) is 41.9 Å². The number of rotatable bonds is 5. The third kappa shape index (κ3) is 6.31. The van der Waals surface area contributed by atoms with E-state index >= 15 is 0 Å². The summed E-state index contributed by atoms with van der Waals surface area (Å²) in [6.45, 7) is 6.52. The van der Waals surface area contributed by atoms with Crippen molar-refractivity contribution in [3.8, 4) is 0 Å². The Kier molecular flexibility index (Phi) is 9.21. The molecule has 1 N–H and O–H groups in total. The number of hydrogen-bond acceptors (Lipinski definition) is 3. The summed E-state index contributed by atoms with van der Waals surface area (Å²) in [6.07, 6.45) is 5.97. The van der Waals surface area contributed by atoms with Crippen LogP contribution in [0.5, 0.6) is 0 Å². The minimum atomic E-state index is 0. The fourth-order valence-corrected chi connectivity index (χ4v) is 5.06. The monoisotopic (exact) mass is 536 g/mol. The summed E-state index contributed by atoms with van der Waals surface area (Å²) in [4.78, 5) is 11.0. The van der Waals surface area contributed by atoms with E-state index < -0.39 is 0 Å². The number of aliphatic imine (C=N–C) groups is 1. The van der Waals surface area contributed by atoms with Gasteiger partial charge < -0.3 is 10.2 Å². The first-order valence-electron chi connectivity index (χ1n) is 10.8. The molecule has 0 spiro atoms. The molecule has 0 aliphatic carbocycles. The lowest BCUT2D eigenvalue weighted by Gasteiger charge is -2.34. The van der Waals surface area contributed by atoms with Crippen LogP contribution in [0.4, 0.5) is 0 Å². The second-order valence-corrected chi connectivity index (χ2v) is 9.05. The molecule has 0 atom stereocenters. The van der Waals surface area contributed by atoms with E-state index in [1.54, 1.807) is 0 Å². The Morgan fingerprint density at radius 3 is 2.53 bits per heavy atom. The van der Waals surface area contributed by atoms with Crippen molar-refractivity contribution in [2.45, 2.75) is 25.8 Å². The fourth-order valence-electron chi connectivity index (χ4n) is 4.32. The Labute approximate surface area is 202 Å². The molecule has 2 aromatic rings. The van der Waals surface area contributed by atoms with E-state index in [4.69, 9.17) is 0 Å². The lowest BCUT2D eigenvalue weighted by molar-refractivity contribution is 0.179. The zero-order valence-corrected chi connectivity index (χ0v) is 20.9. The normalized spacial score (nSPS) is 18.6. The van der Waals surface area contributed by atoms with Crippen molar-refractivity contribution in [1.29, 1.82) is 0 Å². The van der Waals surface area contributed by atoms with Crippen LogP contribution in [0.25, 0.3) is 5.57 Å². The maximum atomic E-state index is 4.55. The lowest BCUT2D eigenvalue weighted by atomic mass is 9.96. The van der Waals surface area contributed by atoms with Crippen molar-refractivity contribution < 1.29 is 0 Å². The van der Waals surface area contributed by atoms with Gasteiger partial charge in [-0.2, -0.15) is 0 Å². The molecule has 6 heteroatoms. The summed E-state index contributed by atoms with van der Waals surface area (Å²) in [5.74, 6) is 1.79. The number of nitrogens with zero attached hydrogens (tertiary/aromatic N) is 3. The summed E-state index contributed by atoms with van der Waals surface area (Å²) < 4.78 is 0. The first kappa shape index (κ1) is 23.3. The Hall–Kier alpha value is -1.38. The van der Waals surface area contributed by atoms with Gasteiger partial charge in [0, 0.05) is 38.1 Å². The van der Waals surface area contributed by atoms with E-state index in [9.17, 15) is 0 Å². The predicted octanol–water partition coefficient (Wildman–Crippen LogP) is 4.94. The first-order chi connectivity index (χ1) is 14.3. The second-order valence-electron chi connectivity index (χ2n) is 8.02. The molecular formula is C24H33IN4S. The number of benzene rings is 1. The number of halogens is 1. The summed E-state index contributed by atoms with van der Waals surface area (Å²) in [7, 11) is 1.91. The van der Waals surface area contributed by atoms with E-state index in [1.807, 2.05) is 18.4 Å². The standard InChI is InChI=1S/C24H32N4S.HI/c1-25-24(28-15-11-22(12-16-28)21-6-3-2-4-7-21)26-18-20-9-13-27(14-10-20)19-23-8-5-17-29-23;/h2-8,11,17,20H,9-10,12-16,18-19H2,1H3,(H,25,26);1H.